The second-order valence-electron chi connectivity index (χ2n) is 3.19. The summed E-state index contributed by atoms with van der Waals surface area (Å²) >= 11 is 0. The van der Waals surface area contributed by atoms with E-state index in [1.54, 1.807) is 18.2 Å². The largest absolute Gasteiger partial charge is 0.508 e. The van der Waals surface area contributed by atoms with Crippen LogP contribution in [0.3, 0.4) is 0 Å². The van der Waals surface area contributed by atoms with Gasteiger partial charge >= 0.3 is 0 Å². The molecule has 2 unspecified atom stereocenters. The number of hydrogen-bond acceptors (Lipinski definition) is 3. The molecule has 2 rings (SSSR count). The van der Waals surface area contributed by atoms with Gasteiger partial charge in [0.2, 0.25) is 0 Å². The standard InChI is InChI=1S/C10H12O3/c1-7(10-6-12-10)13-9-4-2-3-8(11)5-9/h2-5,7,10-11H,6H2,1H3. The topological polar surface area (TPSA) is 42.0 Å². The van der Waals surface area contributed by atoms with Crippen LogP contribution in [-0.2, 0) is 4.74 Å². The molecule has 1 N–H and O–H groups in total. The summed E-state index contributed by atoms with van der Waals surface area (Å²) in [7, 11) is 0. The molecule has 1 aliphatic heterocycles. The van der Waals surface area contributed by atoms with E-state index >= 15 is 0 Å². The van der Waals surface area contributed by atoms with Crippen LogP contribution in [0.2, 0.25) is 0 Å². The second kappa shape index (κ2) is 3.26. The highest BCUT2D eigenvalue weighted by molar-refractivity contribution is 5.31. The van der Waals surface area contributed by atoms with Gasteiger partial charge in [0.15, 0.2) is 0 Å². The monoisotopic (exact) mass is 180 g/mol. The minimum atomic E-state index is 0.0572. The Balaban J connectivity index is 2.00. The van der Waals surface area contributed by atoms with Crippen molar-refractivity contribution in [3.63, 3.8) is 0 Å². The number of rotatable bonds is 3. The van der Waals surface area contributed by atoms with Gasteiger partial charge in [-0.2, -0.15) is 0 Å². The quantitative estimate of drug-likeness (QED) is 0.718. The van der Waals surface area contributed by atoms with Gasteiger partial charge in [-0.25, -0.2) is 0 Å². The van der Waals surface area contributed by atoms with Crippen LogP contribution < -0.4 is 4.74 Å². The zero-order valence-electron chi connectivity index (χ0n) is 7.43. The average Bonchev–Trinajstić information content (AvgIpc) is 2.85. The van der Waals surface area contributed by atoms with Crippen LogP contribution in [0.15, 0.2) is 24.3 Å². The van der Waals surface area contributed by atoms with E-state index in [2.05, 4.69) is 0 Å². The van der Waals surface area contributed by atoms with Gasteiger partial charge in [0.05, 0.1) is 6.61 Å². The van der Waals surface area contributed by atoms with Crippen molar-refractivity contribution in [1.29, 1.82) is 0 Å². The summed E-state index contributed by atoms with van der Waals surface area (Å²) in [6.45, 7) is 2.74. The Labute approximate surface area is 76.9 Å². The molecule has 0 bridgehead atoms. The molecule has 1 heterocycles. The maximum absolute atomic E-state index is 9.17. The lowest BCUT2D eigenvalue weighted by Crippen LogP contribution is -2.18. The Kier molecular flexibility index (Phi) is 2.10. The third kappa shape index (κ3) is 2.12. The van der Waals surface area contributed by atoms with Crippen molar-refractivity contribution in [2.45, 2.75) is 19.1 Å². The molecular formula is C10H12O3. The normalized spacial score (nSPS) is 22.4. The van der Waals surface area contributed by atoms with Crippen molar-refractivity contribution < 1.29 is 14.6 Å². The van der Waals surface area contributed by atoms with Gasteiger partial charge in [-0.1, -0.05) is 6.07 Å². The molecule has 1 fully saturated rings. The van der Waals surface area contributed by atoms with Crippen molar-refractivity contribution in [3.05, 3.63) is 24.3 Å². The van der Waals surface area contributed by atoms with Crippen LogP contribution in [0.1, 0.15) is 6.92 Å². The lowest BCUT2D eigenvalue weighted by Gasteiger charge is -2.11. The van der Waals surface area contributed by atoms with Gasteiger partial charge in [0.1, 0.15) is 23.7 Å². The number of aromatic hydroxyl groups is 1. The fourth-order valence-electron chi connectivity index (χ4n) is 1.17. The molecule has 1 aromatic carbocycles. The van der Waals surface area contributed by atoms with E-state index < -0.39 is 0 Å². The summed E-state index contributed by atoms with van der Waals surface area (Å²) in [5.41, 5.74) is 0. The van der Waals surface area contributed by atoms with Crippen LogP contribution in [0.5, 0.6) is 11.5 Å². The molecule has 70 valence electrons. The molecule has 1 aliphatic rings. The lowest BCUT2D eigenvalue weighted by atomic mass is 10.3. The molecular weight excluding hydrogens is 168 g/mol. The van der Waals surface area contributed by atoms with Crippen LogP contribution in [0.25, 0.3) is 0 Å². The summed E-state index contributed by atoms with van der Waals surface area (Å²) in [5, 5.41) is 9.17. The van der Waals surface area contributed by atoms with E-state index in [4.69, 9.17) is 14.6 Å². The van der Waals surface area contributed by atoms with Crippen molar-refractivity contribution in [3.8, 4) is 11.5 Å². The van der Waals surface area contributed by atoms with Gasteiger partial charge in [0, 0.05) is 6.07 Å². The first-order chi connectivity index (χ1) is 6.25. The Morgan fingerprint density at radius 2 is 2.38 bits per heavy atom. The molecule has 0 aliphatic carbocycles. The molecule has 3 nitrogen and oxygen atoms in total. The van der Waals surface area contributed by atoms with E-state index in [0.29, 0.717) is 5.75 Å². The van der Waals surface area contributed by atoms with Crippen LogP contribution in [-0.4, -0.2) is 23.9 Å². The number of benzene rings is 1. The molecule has 1 aromatic rings. The molecule has 0 amide bonds. The lowest BCUT2D eigenvalue weighted by molar-refractivity contribution is 0.176. The summed E-state index contributed by atoms with van der Waals surface area (Å²) in [6, 6.07) is 6.79. The highest BCUT2D eigenvalue weighted by atomic mass is 16.6. The minimum absolute atomic E-state index is 0.0572. The van der Waals surface area contributed by atoms with Crippen molar-refractivity contribution in [1.82, 2.24) is 0 Å². The summed E-state index contributed by atoms with van der Waals surface area (Å²) in [4.78, 5) is 0. The van der Waals surface area contributed by atoms with Gasteiger partial charge in [-0.15, -0.1) is 0 Å². The van der Waals surface area contributed by atoms with Gasteiger partial charge < -0.3 is 14.6 Å². The predicted molar refractivity (Wildman–Crippen MR) is 47.9 cm³/mol. The highest BCUT2D eigenvalue weighted by Crippen LogP contribution is 2.23. The Hall–Kier alpha value is -1.22. The maximum Gasteiger partial charge on any atom is 0.124 e. The van der Waals surface area contributed by atoms with Crippen molar-refractivity contribution in [2.24, 2.45) is 0 Å². The fourth-order valence-corrected chi connectivity index (χ4v) is 1.17. The Morgan fingerprint density at radius 1 is 1.62 bits per heavy atom. The number of hydrogen-bond donors (Lipinski definition) is 1. The summed E-state index contributed by atoms with van der Waals surface area (Å²) in [6.07, 6.45) is 0.282. The molecule has 2 atom stereocenters. The molecule has 3 heteroatoms. The third-order valence-electron chi connectivity index (χ3n) is 2.02. The predicted octanol–water partition coefficient (Wildman–Crippen LogP) is 1.56. The second-order valence-corrected chi connectivity index (χ2v) is 3.19. The summed E-state index contributed by atoms with van der Waals surface area (Å²) in [5.74, 6) is 0.907. The van der Waals surface area contributed by atoms with Crippen molar-refractivity contribution in [2.75, 3.05) is 6.61 Å². The Bertz CT molecular complexity index is 294. The van der Waals surface area contributed by atoms with Crippen LogP contribution in [0, 0.1) is 0 Å². The molecule has 0 spiro atoms. The van der Waals surface area contributed by atoms with Gasteiger partial charge in [-0.3, -0.25) is 0 Å². The number of phenolic OH excluding ortho intramolecular Hbond substituents is 1. The Morgan fingerprint density at radius 3 is 3.00 bits per heavy atom. The first-order valence-corrected chi connectivity index (χ1v) is 4.33. The fraction of sp³-hybridized carbons (Fsp3) is 0.400. The van der Waals surface area contributed by atoms with E-state index in [1.807, 2.05) is 13.0 Å². The number of ether oxygens (including phenoxy) is 2. The van der Waals surface area contributed by atoms with E-state index in [1.165, 1.54) is 0 Å². The third-order valence-corrected chi connectivity index (χ3v) is 2.02. The van der Waals surface area contributed by atoms with E-state index in [0.717, 1.165) is 6.61 Å². The van der Waals surface area contributed by atoms with Crippen LogP contribution >= 0.6 is 0 Å². The van der Waals surface area contributed by atoms with E-state index in [9.17, 15) is 0 Å². The van der Waals surface area contributed by atoms with Gasteiger partial charge in [-0.05, 0) is 19.1 Å². The molecule has 13 heavy (non-hydrogen) atoms. The average molecular weight is 180 g/mol. The maximum atomic E-state index is 9.17. The molecule has 0 aromatic heterocycles. The SMILES string of the molecule is CC(Oc1cccc(O)c1)C1CO1. The number of phenols is 1. The smallest absolute Gasteiger partial charge is 0.124 e. The van der Waals surface area contributed by atoms with E-state index in [-0.39, 0.29) is 18.0 Å². The zero-order valence-corrected chi connectivity index (χ0v) is 7.43. The molecule has 0 saturated carbocycles. The first kappa shape index (κ1) is 8.38. The zero-order chi connectivity index (χ0) is 9.26. The van der Waals surface area contributed by atoms with Crippen LogP contribution in [0.4, 0.5) is 0 Å². The van der Waals surface area contributed by atoms with Crippen molar-refractivity contribution >= 4 is 0 Å². The minimum Gasteiger partial charge on any atom is -0.508 e. The number of epoxide rings is 1. The summed E-state index contributed by atoms with van der Waals surface area (Å²) < 4.78 is 10.6. The molecule has 0 radical (unpaired) electrons. The first-order valence-electron chi connectivity index (χ1n) is 4.33. The highest BCUT2D eigenvalue weighted by Gasteiger charge is 2.30. The van der Waals surface area contributed by atoms with Gasteiger partial charge in [0.25, 0.3) is 0 Å². The molecule has 1 saturated heterocycles.